The highest BCUT2D eigenvalue weighted by Gasteiger charge is 2.20. The van der Waals surface area contributed by atoms with Crippen molar-refractivity contribution in [1.29, 1.82) is 0 Å². The van der Waals surface area contributed by atoms with Gasteiger partial charge in [0.2, 0.25) is 0 Å². The van der Waals surface area contributed by atoms with Crippen molar-refractivity contribution in [2.24, 2.45) is 0 Å². The lowest BCUT2D eigenvalue weighted by molar-refractivity contribution is 0.630. The Labute approximate surface area is 210 Å². The maximum atomic E-state index is 6.56. The lowest BCUT2D eigenvalue weighted by Crippen LogP contribution is -2.37. The summed E-state index contributed by atoms with van der Waals surface area (Å²) in [6.45, 7) is 13.9. The summed E-state index contributed by atoms with van der Waals surface area (Å²) in [5, 5.41) is 5.17. The number of nitrogens with zero attached hydrogens (tertiary/aromatic N) is 1. The van der Waals surface area contributed by atoms with Gasteiger partial charge in [-0.25, -0.2) is 0 Å². The van der Waals surface area contributed by atoms with Crippen molar-refractivity contribution in [3.8, 4) is 22.6 Å². The highest BCUT2D eigenvalue weighted by atomic mass is 28.3. The molecule has 0 saturated heterocycles. The molecule has 3 aromatic carbocycles. The predicted octanol–water partition coefficient (Wildman–Crippen LogP) is 9.07. The molecule has 2 aromatic heterocycles. The molecule has 0 bridgehead atoms. The third-order valence-electron chi connectivity index (χ3n) is 7.38. The summed E-state index contributed by atoms with van der Waals surface area (Å²) in [6, 6.07) is 24.4. The zero-order valence-corrected chi connectivity index (χ0v) is 22.8. The molecular weight excluding hydrogens is 442 g/mol. The second kappa shape index (κ2) is 9.12. The molecule has 5 rings (SSSR count). The number of aryl methyl sites for hydroxylation is 1. The molecule has 5 aromatic rings. The third kappa shape index (κ3) is 4.34. The lowest BCUT2D eigenvalue weighted by atomic mass is 9.87. The zero-order valence-electron chi connectivity index (χ0n) is 21.8. The number of pyridine rings is 1. The maximum Gasteiger partial charge on any atom is 0.161 e. The van der Waals surface area contributed by atoms with Crippen molar-refractivity contribution in [2.75, 3.05) is 0 Å². The van der Waals surface area contributed by atoms with E-state index in [4.69, 9.17) is 9.40 Å². The highest BCUT2D eigenvalue weighted by molar-refractivity contribution is 6.88. The number of rotatable bonds is 6. The summed E-state index contributed by atoms with van der Waals surface area (Å²) in [4.78, 5) is 4.82. The molecular formula is C32H35NOSi. The second-order valence-electron chi connectivity index (χ2n) is 10.8. The number of benzene rings is 3. The molecule has 0 radical (unpaired) electrons. The van der Waals surface area contributed by atoms with Crippen LogP contribution in [0.4, 0.5) is 0 Å². The molecule has 0 aliphatic carbocycles. The van der Waals surface area contributed by atoms with E-state index >= 15 is 0 Å². The van der Waals surface area contributed by atoms with E-state index in [1.165, 1.54) is 27.1 Å². The lowest BCUT2D eigenvalue weighted by Gasteiger charge is -2.18. The average molecular weight is 478 g/mol. The van der Waals surface area contributed by atoms with E-state index in [-0.39, 0.29) is 0 Å². The molecule has 0 aliphatic heterocycles. The number of hydrogen-bond donors (Lipinski definition) is 0. The second-order valence-corrected chi connectivity index (χ2v) is 15.8. The Morgan fingerprint density at radius 3 is 2.34 bits per heavy atom. The molecule has 178 valence electrons. The Balaban J connectivity index is 1.67. The van der Waals surface area contributed by atoms with Gasteiger partial charge in [-0.1, -0.05) is 81.1 Å². The van der Waals surface area contributed by atoms with E-state index in [1.807, 2.05) is 6.20 Å². The minimum atomic E-state index is -1.36. The van der Waals surface area contributed by atoms with Gasteiger partial charge in [-0.3, -0.25) is 4.98 Å². The van der Waals surface area contributed by atoms with Gasteiger partial charge < -0.3 is 4.42 Å². The van der Waals surface area contributed by atoms with Gasteiger partial charge in [0.1, 0.15) is 11.5 Å². The summed E-state index contributed by atoms with van der Waals surface area (Å²) in [5.41, 5.74) is 6.74. The van der Waals surface area contributed by atoms with Crippen molar-refractivity contribution in [3.05, 3.63) is 84.1 Å². The normalized spacial score (nSPS) is 12.2. The van der Waals surface area contributed by atoms with E-state index in [2.05, 4.69) is 107 Å². The van der Waals surface area contributed by atoms with Crippen LogP contribution in [-0.2, 0) is 0 Å². The van der Waals surface area contributed by atoms with Crippen molar-refractivity contribution < 1.29 is 4.42 Å². The van der Waals surface area contributed by atoms with Gasteiger partial charge in [0.15, 0.2) is 5.58 Å². The molecule has 35 heavy (non-hydrogen) atoms. The van der Waals surface area contributed by atoms with Crippen LogP contribution in [0.15, 0.2) is 77.3 Å². The Morgan fingerprint density at radius 1 is 0.857 bits per heavy atom. The first-order valence-corrected chi connectivity index (χ1v) is 16.3. The van der Waals surface area contributed by atoms with Gasteiger partial charge in [-0.2, -0.15) is 0 Å². The highest BCUT2D eigenvalue weighted by Crippen LogP contribution is 2.38. The maximum absolute atomic E-state index is 6.56. The molecule has 0 aliphatic rings. The van der Waals surface area contributed by atoms with Crippen LogP contribution < -0.4 is 5.19 Å². The number of hydrogen-bond acceptors (Lipinski definition) is 2. The Hall–Kier alpha value is -3.17. The molecule has 0 saturated carbocycles. The van der Waals surface area contributed by atoms with Gasteiger partial charge in [0, 0.05) is 22.7 Å². The van der Waals surface area contributed by atoms with Crippen LogP contribution in [0.3, 0.4) is 0 Å². The SMILES string of the molecule is CCC(CC)c1cc(-c2nccc3cc(-c4ccc([Si](C)(C)C)cc4C)oc23)cc2ccccc12. The fraction of sp³-hybridized carbons (Fsp3) is 0.281. The largest absolute Gasteiger partial charge is 0.454 e. The minimum absolute atomic E-state index is 0.527. The number of aromatic nitrogens is 1. The number of furan rings is 1. The fourth-order valence-corrected chi connectivity index (χ4v) is 6.49. The Kier molecular flexibility index (Phi) is 6.14. The van der Waals surface area contributed by atoms with Crippen LogP contribution >= 0.6 is 0 Å². The van der Waals surface area contributed by atoms with Crippen molar-refractivity contribution in [3.63, 3.8) is 0 Å². The summed E-state index contributed by atoms with van der Waals surface area (Å²) in [7, 11) is -1.36. The molecule has 3 heteroatoms. The van der Waals surface area contributed by atoms with Crippen molar-refractivity contribution in [1.82, 2.24) is 4.98 Å². The number of fused-ring (bicyclic) bond motifs is 2. The van der Waals surface area contributed by atoms with Gasteiger partial charge in [0.05, 0.1) is 8.07 Å². The zero-order chi connectivity index (χ0) is 24.7. The summed E-state index contributed by atoms with van der Waals surface area (Å²) in [6.07, 6.45) is 4.16. The predicted molar refractivity (Wildman–Crippen MR) is 153 cm³/mol. The van der Waals surface area contributed by atoms with E-state index in [1.54, 1.807) is 0 Å². The average Bonchev–Trinajstić information content (AvgIpc) is 3.28. The molecule has 0 N–H and O–H groups in total. The summed E-state index contributed by atoms with van der Waals surface area (Å²) >= 11 is 0. The van der Waals surface area contributed by atoms with Crippen LogP contribution in [-0.4, -0.2) is 13.1 Å². The van der Waals surface area contributed by atoms with Crippen LogP contribution in [0.25, 0.3) is 44.3 Å². The molecule has 2 heterocycles. The summed E-state index contributed by atoms with van der Waals surface area (Å²) < 4.78 is 6.56. The molecule has 0 fully saturated rings. The monoisotopic (exact) mass is 477 g/mol. The minimum Gasteiger partial charge on any atom is -0.454 e. The molecule has 2 nitrogen and oxygen atoms in total. The third-order valence-corrected chi connectivity index (χ3v) is 9.43. The van der Waals surface area contributed by atoms with Gasteiger partial charge in [0.25, 0.3) is 0 Å². The van der Waals surface area contributed by atoms with E-state index in [0.29, 0.717) is 5.92 Å². The summed E-state index contributed by atoms with van der Waals surface area (Å²) in [5.74, 6) is 1.44. The fourth-order valence-electron chi connectivity index (χ4n) is 5.25. The quantitative estimate of drug-likeness (QED) is 0.228. The van der Waals surface area contributed by atoms with Crippen molar-refractivity contribution in [2.45, 2.75) is 59.2 Å². The molecule has 0 atom stereocenters. The van der Waals surface area contributed by atoms with E-state index < -0.39 is 8.07 Å². The first-order valence-electron chi connectivity index (χ1n) is 12.8. The van der Waals surface area contributed by atoms with Gasteiger partial charge in [-0.05, 0) is 71.8 Å². The first-order chi connectivity index (χ1) is 16.8. The topological polar surface area (TPSA) is 26.0 Å². The van der Waals surface area contributed by atoms with Crippen LogP contribution in [0.5, 0.6) is 0 Å². The van der Waals surface area contributed by atoms with E-state index in [9.17, 15) is 0 Å². The Bertz CT molecular complexity index is 1520. The first kappa shape index (κ1) is 23.6. The standard InChI is InChI=1S/C32H35NOSi/c1-7-22(8-2)29-19-25(18-23-11-9-10-12-28(23)29)31-32-24(15-16-33-31)20-30(34-32)27-14-13-26(17-21(27)3)35(4,5)6/h9-20,22H,7-8H2,1-6H3. The smallest absolute Gasteiger partial charge is 0.161 e. The molecule has 0 unspecified atom stereocenters. The van der Waals surface area contributed by atoms with Crippen LogP contribution in [0.1, 0.15) is 43.7 Å². The van der Waals surface area contributed by atoms with Gasteiger partial charge in [-0.15, -0.1) is 0 Å². The van der Waals surface area contributed by atoms with E-state index in [0.717, 1.165) is 46.4 Å². The Morgan fingerprint density at radius 2 is 1.63 bits per heavy atom. The van der Waals surface area contributed by atoms with Crippen LogP contribution in [0, 0.1) is 6.92 Å². The van der Waals surface area contributed by atoms with Gasteiger partial charge >= 0.3 is 0 Å². The van der Waals surface area contributed by atoms with Crippen molar-refractivity contribution >= 4 is 35.0 Å². The molecule has 0 amide bonds. The van der Waals surface area contributed by atoms with Crippen LogP contribution in [0.2, 0.25) is 19.6 Å². The molecule has 0 spiro atoms.